The fourth-order valence-corrected chi connectivity index (χ4v) is 1.43. The van der Waals surface area contributed by atoms with Crippen molar-refractivity contribution in [1.82, 2.24) is 5.16 Å². The van der Waals surface area contributed by atoms with E-state index in [2.05, 4.69) is 5.16 Å². The molecule has 1 saturated heterocycles. The Hall–Kier alpha value is -1.40. The predicted octanol–water partition coefficient (Wildman–Crippen LogP) is 1.21. The summed E-state index contributed by atoms with van der Waals surface area (Å²) in [4.78, 5) is 10.9. The highest BCUT2D eigenvalue weighted by atomic mass is 16.6. The van der Waals surface area contributed by atoms with Gasteiger partial charge in [0, 0.05) is 19.6 Å². The van der Waals surface area contributed by atoms with Crippen molar-refractivity contribution >= 4 is 11.7 Å². The number of hydrogen-bond acceptors (Lipinski definition) is 6. The zero-order valence-electron chi connectivity index (χ0n) is 8.34. The molecule has 1 aliphatic rings. The second-order valence-electron chi connectivity index (χ2n) is 3.42. The van der Waals surface area contributed by atoms with Crippen molar-refractivity contribution in [3.8, 4) is 0 Å². The van der Waals surface area contributed by atoms with Crippen LogP contribution in [0.25, 0.3) is 0 Å². The Bertz CT molecular complexity index is 357. The lowest BCUT2D eigenvalue weighted by molar-refractivity contribution is 0.0289. The van der Waals surface area contributed by atoms with Crippen LogP contribution in [-0.2, 0) is 4.74 Å². The van der Waals surface area contributed by atoms with Gasteiger partial charge in [-0.3, -0.25) is 10.0 Å². The molecule has 1 N–H and O–H groups in total. The number of ether oxygens (including phenoxy) is 1. The average Bonchev–Trinajstić information content (AvgIpc) is 2.88. The van der Waals surface area contributed by atoms with E-state index >= 15 is 0 Å². The van der Waals surface area contributed by atoms with E-state index in [4.69, 9.17) is 9.26 Å². The molecule has 1 aromatic rings. The fraction of sp³-hybridized carbons (Fsp3) is 0.556. The van der Waals surface area contributed by atoms with Gasteiger partial charge in [-0.25, -0.2) is 0 Å². The number of hydrogen-bond donors (Lipinski definition) is 1. The van der Waals surface area contributed by atoms with Crippen LogP contribution in [0.5, 0.6) is 0 Å². The van der Waals surface area contributed by atoms with Gasteiger partial charge in [-0.15, -0.1) is 0 Å². The van der Waals surface area contributed by atoms with Crippen molar-refractivity contribution < 1.29 is 19.3 Å². The Morgan fingerprint density at radius 3 is 3.07 bits per heavy atom. The highest BCUT2D eigenvalue weighted by Crippen LogP contribution is 2.22. The predicted molar refractivity (Wildman–Crippen MR) is 49.7 cm³/mol. The summed E-state index contributed by atoms with van der Waals surface area (Å²) in [6.45, 7) is 2.00. The smallest absolute Gasteiger partial charge is 0.253 e. The quantitative estimate of drug-likeness (QED) is 0.599. The Morgan fingerprint density at radius 1 is 1.73 bits per heavy atom. The Balaban J connectivity index is 2.10. The highest BCUT2D eigenvalue weighted by Gasteiger charge is 2.25. The minimum Gasteiger partial charge on any atom is -0.356 e. The molecule has 0 amide bonds. The molecular formula is C9H12N2O4. The molecule has 6 nitrogen and oxygen atoms in total. The van der Waals surface area contributed by atoms with E-state index in [1.54, 1.807) is 0 Å². The first-order valence-electron chi connectivity index (χ1n) is 4.76. The second-order valence-corrected chi connectivity index (χ2v) is 3.42. The SMILES string of the molecule is CC(=O)c1cc(N(O)C2CCCO2)on1. The molecule has 0 saturated carbocycles. The van der Waals surface area contributed by atoms with Gasteiger partial charge in [-0.05, 0) is 12.8 Å². The third-order valence-corrected chi connectivity index (χ3v) is 2.26. The summed E-state index contributed by atoms with van der Waals surface area (Å²) in [5.74, 6) is -0.0714. The average molecular weight is 212 g/mol. The van der Waals surface area contributed by atoms with E-state index in [-0.39, 0.29) is 17.4 Å². The van der Waals surface area contributed by atoms with Crippen LogP contribution in [0.4, 0.5) is 5.88 Å². The number of aromatic nitrogens is 1. The molecule has 0 aromatic carbocycles. The first kappa shape index (κ1) is 10.1. The number of rotatable bonds is 3. The van der Waals surface area contributed by atoms with Crippen LogP contribution in [0.1, 0.15) is 30.3 Å². The molecule has 1 aromatic heterocycles. The summed E-state index contributed by atoms with van der Waals surface area (Å²) in [5, 5.41) is 14.1. The summed E-state index contributed by atoms with van der Waals surface area (Å²) in [6.07, 6.45) is 1.22. The molecule has 0 spiro atoms. The third kappa shape index (κ3) is 2.00. The lowest BCUT2D eigenvalue weighted by Gasteiger charge is -2.18. The molecule has 1 atom stereocenters. The normalized spacial score (nSPS) is 20.5. The topological polar surface area (TPSA) is 75.8 Å². The van der Waals surface area contributed by atoms with E-state index in [1.165, 1.54) is 13.0 Å². The van der Waals surface area contributed by atoms with Crippen LogP contribution in [0.2, 0.25) is 0 Å². The minimum absolute atomic E-state index is 0.132. The molecular weight excluding hydrogens is 200 g/mol. The first-order chi connectivity index (χ1) is 7.18. The monoisotopic (exact) mass is 212 g/mol. The molecule has 0 aliphatic carbocycles. The molecule has 1 fully saturated rings. The Kier molecular flexibility index (Phi) is 2.70. The van der Waals surface area contributed by atoms with Crippen LogP contribution in [0.15, 0.2) is 10.6 Å². The van der Waals surface area contributed by atoms with Crippen LogP contribution in [0, 0.1) is 0 Å². The Morgan fingerprint density at radius 2 is 2.53 bits per heavy atom. The third-order valence-electron chi connectivity index (χ3n) is 2.26. The van der Waals surface area contributed by atoms with E-state index in [0.717, 1.165) is 17.9 Å². The van der Waals surface area contributed by atoms with Crippen molar-refractivity contribution in [2.75, 3.05) is 11.7 Å². The summed E-state index contributed by atoms with van der Waals surface area (Å²) < 4.78 is 10.1. The zero-order chi connectivity index (χ0) is 10.8. The van der Waals surface area contributed by atoms with Gasteiger partial charge in [-0.2, -0.15) is 5.06 Å². The van der Waals surface area contributed by atoms with E-state index in [9.17, 15) is 10.0 Å². The van der Waals surface area contributed by atoms with Gasteiger partial charge in [-0.1, -0.05) is 5.16 Å². The fourth-order valence-electron chi connectivity index (χ4n) is 1.43. The minimum atomic E-state index is -0.405. The molecule has 82 valence electrons. The van der Waals surface area contributed by atoms with Gasteiger partial charge in [0.2, 0.25) is 0 Å². The van der Waals surface area contributed by atoms with Crippen molar-refractivity contribution in [3.05, 3.63) is 11.8 Å². The molecule has 1 aliphatic heterocycles. The van der Waals surface area contributed by atoms with E-state index in [1.807, 2.05) is 0 Å². The van der Waals surface area contributed by atoms with Gasteiger partial charge in [0.1, 0.15) is 0 Å². The zero-order valence-corrected chi connectivity index (χ0v) is 8.34. The molecule has 1 unspecified atom stereocenters. The second kappa shape index (κ2) is 4.00. The first-order valence-corrected chi connectivity index (χ1v) is 4.76. The van der Waals surface area contributed by atoms with Crippen molar-refractivity contribution in [2.45, 2.75) is 26.0 Å². The standard InChI is InChI=1S/C9H12N2O4/c1-6(12)7-5-9(15-10-7)11(13)8-3-2-4-14-8/h5,8,13H,2-4H2,1H3. The van der Waals surface area contributed by atoms with Gasteiger partial charge in [0.15, 0.2) is 17.7 Å². The van der Waals surface area contributed by atoms with Crippen LogP contribution < -0.4 is 5.06 Å². The van der Waals surface area contributed by atoms with Gasteiger partial charge < -0.3 is 9.26 Å². The maximum Gasteiger partial charge on any atom is 0.253 e. The molecule has 2 heterocycles. The van der Waals surface area contributed by atoms with Gasteiger partial charge >= 0.3 is 0 Å². The summed E-state index contributed by atoms with van der Waals surface area (Å²) in [7, 11) is 0. The molecule has 2 rings (SSSR count). The lowest BCUT2D eigenvalue weighted by Crippen LogP contribution is -2.30. The highest BCUT2D eigenvalue weighted by molar-refractivity contribution is 5.92. The molecule has 6 heteroatoms. The number of carbonyl (C=O) groups is 1. The number of Topliss-reactive ketones (excluding diaryl/α,β-unsaturated/α-hetero) is 1. The maximum atomic E-state index is 10.9. The number of ketones is 1. The summed E-state index contributed by atoms with van der Waals surface area (Å²) in [6, 6.07) is 1.39. The Labute approximate surface area is 86.4 Å². The molecule has 0 radical (unpaired) electrons. The number of anilines is 1. The maximum absolute atomic E-state index is 10.9. The van der Waals surface area contributed by atoms with Crippen molar-refractivity contribution in [1.29, 1.82) is 0 Å². The molecule has 0 bridgehead atoms. The lowest BCUT2D eigenvalue weighted by atomic mass is 10.3. The van der Waals surface area contributed by atoms with E-state index in [0.29, 0.717) is 6.61 Å². The van der Waals surface area contributed by atoms with Crippen molar-refractivity contribution in [3.63, 3.8) is 0 Å². The van der Waals surface area contributed by atoms with Crippen molar-refractivity contribution in [2.24, 2.45) is 0 Å². The van der Waals surface area contributed by atoms with Crippen LogP contribution in [-0.4, -0.2) is 29.0 Å². The summed E-state index contributed by atoms with van der Waals surface area (Å²) >= 11 is 0. The van der Waals surface area contributed by atoms with Crippen LogP contribution >= 0.6 is 0 Å². The van der Waals surface area contributed by atoms with Crippen LogP contribution in [0.3, 0.4) is 0 Å². The summed E-state index contributed by atoms with van der Waals surface area (Å²) in [5.41, 5.74) is 0.196. The largest absolute Gasteiger partial charge is 0.356 e. The molecule has 15 heavy (non-hydrogen) atoms. The number of nitrogens with zero attached hydrogens (tertiary/aromatic N) is 2. The number of hydroxylamine groups is 1. The van der Waals surface area contributed by atoms with Gasteiger partial charge in [0.05, 0.1) is 0 Å². The van der Waals surface area contributed by atoms with E-state index < -0.39 is 6.23 Å². The number of carbonyl (C=O) groups excluding carboxylic acids is 1. The van der Waals surface area contributed by atoms with Gasteiger partial charge in [0.25, 0.3) is 5.88 Å².